The summed E-state index contributed by atoms with van der Waals surface area (Å²) in [6.07, 6.45) is -0.357. The van der Waals surface area contributed by atoms with Gasteiger partial charge in [0.15, 0.2) is 11.4 Å². The lowest BCUT2D eigenvalue weighted by Crippen LogP contribution is -1.97. The van der Waals surface area contributed by atoms with Gasteiger partial charge in [-0.15, -0.1) is 4.91 Å². The van der Waals surface area contributed by atoms with Crippen LogP contribution in [0.1, 0.15) is 17.2 Å². The van der Waals surface area contributed by atoms with Gasteiger partial charge in [-0.3, -0.25) is 0 Å². The number of rotatable bonds is 2. The number of hydrogen-bond acceptors (Lipinski definition) is 3. The van der Waals surface area contributed by atoms with Crippen molar-refractivity contribution >= 4 is 0 Å². The Morgan fingerprint density at radius 2 is 1.38 bits per heavy atom. The fraction of sp³-hybridized carbons (Fsp3) is 0.0769. The van der Waals surface area contributed by atoms with E-state index in [1.807, 2.05) is 48.5 Å². The standard InChI is InChI=1S/C13H9NO2/c15-14-16-13-11-7-3-1-5-9(11)10-6-2-4-8-12(10)13/h1-8,13H. The summed E-state index contributed by atoms with van der Waals surface area (Å²) in [5, 5.41) is 2.57. The van der Waals surface area contributed by atoms with Crippen LogP contribution in [0.2, 0.25) is 0 Å². The predicted molar refractivity (Wildman–Crippen MR) is 60.6 cm³/mol. The lowest BCUT2D eigenvalue weighted by Gasteiger charge is -2.07. The summed E-state index contributed by atoms with van der Waals surface area (Å²) in [5.41, 5.74) is 4.24. The Bertz CT molecular complexity index is 506. The minimum absolute atomic E-state index is 0.357. The first-order valence-corrected chi connectivity index (χ1v) is 5.08. The SMILES string of the molecule is O=NOC1c2ccccc2-c2ccccc21. The topological polar surface area (TPSA) is 38.7 Å². The molecular formula is C13H9NO2. The third-order valence-electron chi connectivity index (χ3n) is 2.93. The van der Waals surface area contributed by atoms with Crippen molar-refractivity contribution < 1.29 is 4.84 Å². The van der Waals surface area contributed by atoms with Gasteiger partial charge in [-0.25, -0.2) is 0 Å². The molecule has 2 aromatic rings. The maximum atomic E-state index is 10.3. The van der Waals surface area contributed by atoms with Crippen LogP contribution in [-0.2, 0) is 4.84 Å². The normalized spacial score (nSPS) is 13.0. The summed E-state index contributed by atoms with van der Waals surface area (Å²) < 4.78 is 0. The maximum absolute atomic E-state index is 10.3. The quantitative estimate of drug-likeness (QED) is 0.563. The van der Waals surface area contributed by atoms with Gasteiger partial charge in [0.1, 0.15) is 0 Å². The molecule has 0 saturated carbocycles. The van der Waals surface area contributed by atoms with Crippen molar-refractivity contribution in [2.75, 3.05) is 0 Å². The summed E-state index contributed by atoms with van der Waals surface area (Å²) in [7, 11) is 0. The van der Waals surface area contributed by atoms with Crippen LogP contribution in [0.15, 0.2) is 53.9 Å². The first-order chi connectivity index (χ1) is 7.92. The van der Waals surface area contributed by atoms with Crippen LogP contribution in [0.3, 0.4) is 0 Å². The fourth-order valence-electron chi connectivity index (χ4n) is 2.27. The molecule has 0 heterocycles. The summed E-state index contributed by atoms with van der Waals surface area (Å²) in [6.45, 7) is 0. The molecule has 3 rings (SSSR count). The van der Waals surface area contributed by atoms with E-state index in [4.69, 9.17) is 4.84 Å². The van der Waals surface area contributed by atoms with Crippen LogP contribution in [0, 0.1) is 4.91 Å². The molecule has 3 nitrogen and oxygen atoms in total. The van der Waals surface area contributed by atoms with Crippen LogP contribution in [0.25, 0.3) is 11.1 Å². The van der Waals surface area contributed by atoms with E-state index in [-0.39, 0.29) is 6.10 Å². The number of hydrogen-bond donors (Lipinski definition) is 0. The highest BCUT2D eigenvalue weighted by molar-refractivity contribution is 5.77. The van der Waals surface area contributed by atoms with Crippen molar-refractivity contribution in [3.63, 3.8) is 0 Å². The highest BCUT2D eigenvalue weighted by Gasteiger charge is 2.29. The lowest BCUT2D eigenvalue weighted by molar-refractivity contribution is 0.0863. The number of benzene rings is 2. The summed E-state index contributed by atoms with van der Waals surface area (Å²) in [4.78, 5) is 15.2. The van der Waals surface area contributed by atoms with Gasteiger partial charge in [0.05, 0.1) is 0 Å². The van der Waals surface area contributed by atoms with E-state index in [9.17, 15) is 4.91 Å². The molecule has 0 radical (unpaired) electrons. The third kappa shape index (κ3) is 1.15. The summed E-state index contributed by atoms with van der Waals surface area (Å²) in [5.74, 6) is 0. The third-order valence-corrected chi connectivity index (χ3v) is 2.93. The van der Waals surface area contributed by atoms with Crippen molar-refractivity contribution in [3.8, 4) is 11.1 Å². The Morgan fingerprint density at radius 1 is 0.875 bits per heavy atom. The van der Waals surface area contributed by atoms with Crippen LogP contribution in [0.4, 0.5) is 0 Å². The first-order valence-electron chi connectivity index (χ1n) is 5.08. The van der Waals surface area contributed by atoms with Gasteiger partial charge in [0, 0.05) is 11.1 Å². The molecule has 0 saturated heterocycles. The van der Waals surface area contributed by atoms with E-state index >= 15 is 0 Å². The molecular weight excluding hydrogens is 202 g/mol. The Morgan fingerprint density at radius 3 is 1.88 bits per heavy atom. The molecule has 0 bridgehead atoms. The van der Waals surface area contributed by atoms with Gasteiger partial charge < -0.3 is 4.84 Å². The molecule has 0 atom stereocenters. The van der Waals surface area contributed by atoms with E-state index in [2.05, 4.69) is 5.34 Å². The van der Waals surface area contributed by atoms with Gasteiger partial charge in [0.2, 0.25) is 0 Å². The van der Waals surface area contributed by atoms with E-state index in [1.165, 1.54) is 0 Å². The molecule has 0 spiro atoms. The molecule has 0 aliphatic heterocycles. The van der Waals surface area contributed by atoms with Gasteiger partial charge in [-0.1, -0.05) is 48.5 Å². The summed E-state index contributed by atoms with van der Waals surface area (Å²) in [6, 6.07) is 15.8. The molecule has 16 heavy (non-hydrogen) atoms. The Kier molecular flexibility index (Phi) is 1.96. The zero-order valence-electron chi connectivity index (χ0n) is 8.46. The second-order valence-electron chi connectivity index (χ2n) is 3.73. The second kappa shape index (κ2) is 3.45. The largest absolute Gasteiger partial charge is 0.351 e. The van der Waals surface area contributed by atoms with Crippen LogP contribution < -0.4 is 0 Å². The zero-order valence-corrected chi connectivity index (χ0v) is 8.46. The molecule has 78 valence electrons. The van der Waals surface area contributed by atoms with Crippen LogP contribution in [0.5, 0.6) is 0 Å². The average Bonchev–Trinajstić information content (AvgIpc) is 2.66. The Hall–Kier alpha value is -2.16. The Labute approximate surface area is 92.6 Å². The molecule has 3 heteroatoms. The molecule has 0 fully saturated rings. The van der Waals surface area contributed by atoms with Crippen molar-refractivity contribution in [1.82, 2.24) is 0 Å². The van der Waals surface area contributed by atoms with Gasteiger partial charge in [0.25, 0.3) is 0 Å². The Balaban J connectivity index is 2.25. The van der Waals surface area contributed by atoms with Crippen LogP contribution >= 0.6 is 0 Å². The predicted octanol–water partition coefficient (Wildman–Crippen LogP) is 3.45. The van der Waals surface area contributed by atoms with E-state index in [0.717, 1.165) is 22.3 Å². The molecule has 1 aliphatic rings. The highest BCUT2D eigenvalue weighted by atomic mass is 16.7. The fourth-order valence-corrected chi connectivity index (χ4v) is 2.27. The molecule has 2 aromatic carbocycles. The highest BCUT2D eigenvalue weighted by Crippen LogP contribution is 2.44. The van der Waals surface area contributed by atoms with Gasteiger partial charge in [-0.05, 0) is 11.1 Å². The second-order valence-corrected chi connectivity index (χ2v) is 3.73. The molecule has 0 aromatic heterocycles. The van der Waals surface area contributed by atoms with Crippen molar-refractivity contribution in [1.29, 1.82) is 0 Å². The molecule has 1 aliphatic carbocycles. The molecule has 0 unspecified atom stereocenters. The average molecular weight is 211 g/mol. The molecule has 0 amide bonds. The van der Waals surface area contributed by atoms with Gasteiger partial charge in [-0.2, -0.15) is 0 Å². The minimum atomic E-state index is -0.357. The van der Waals surface area contributed by atoms with Gasteiger partial charge >= 0.3 is 0 Å². The van der Waals surface area contributed by atoms with Crippen molar-refractivity contribution in [2.45, 2.75) is 6.10 Å². The van der Waals surface area contributed by atoms with E-state index in [0.29, 0.717) is 0 Å². The summed E-state index contributed by atoms with van der Waals surface area (Å²) >= 11 is 0. The minimum Gasteiger partial charge on any atom is -0.351 e. The van der Waals surface area contributed by atoms with E-state index in [1.54, 1.807) is 0 Å². The van der Waals surface area contributed by atoms with E-state index < -0.39 is 0 Å². The molecule has 0 N–H and O–H groups in total. The lowest BCUT2D eigenvalue weighted by atomic mass is 10.1. The number of nitrogens with zero attached hydrogens (tertiary/aromatic N) is 1. The number of fused-ring (bicyclic) bond motifs is 3. The van der Waals surface area contributed by atoms with Crippen LogP contribution in [-0.4, -0.2) is 0 Å². The van der Waals surface area contributed by atoms with Crippen molar-refractivity contribution in [2.24, 2.45) is 5.34 Å². The first kappa shape index (κ1) is 9.09. The maximum Gasteiger partial charge on any atom is 0.182 e. The monoisotopic (exact) mass is 211 g/mol. The smallest absolute Gasteiger partial charge is 0.182 e. The van der Waals surface area contributed by atoms with Crippen molar-refractivity contribution in [3.05, 3.63) is 64.6 Å². The zero-order chi connectivity index (χ0) is 11.0.